The number of ether oxygens (including phenoxy) is 1. The summed E-state index contributed by atoms with van der Waals surface area (Å²) in [5, 5.41) is 9.42. The molecule has 3 heterocycles. The largest absolute Gasteiger partial charge is 0.497 e. The van der Waals surface area contributed by atoms with Crippen molar-refractivity contribution in [3.8, 4) is 28.4 Å². The van der Waals surface area contributed by atoms with Crippen molar-refractivity contribution in [3.63, 3.8) is 0 Å². The highest BCUT2D eigenvalue weighted by atomic mass is 35.5. The van der Waals surface area contributed by atoms with Gasteiger partial charge < -0.3 is 9.72 Å². The van der Waals surface area contributed by atoms with Gasteiger partial charge in [0.25, 0.3) is 17.4 Å². The standard InChI is InChI=1S/C22H15ClN6O3S/c1-32-15-4-2-3-13(9-15)17-11-33-22-27-21(28-29(17)22)26-20(31)16-10-24-18(25-19(16)30)12-5-7-14(23)8-6-12/h2-11H,1H3,(H,24,25,30)(H,26,28,31). The van der Waals surface area contributed by atoms with Gasteiger partial charge in [0.05, 0.1) is 12.8 Å². The Hall–Kier alpha value is -4.02. The molecule has 0 aliphatic heterocycles. The van der Waals surface area contributed by atoms with Gasteiger partial charge in [-0.3, -0.25) is 14.9 Å². The summed E-state index contributed by atoms with van der Waals surface area (Å²) < 4.78 is 6.91. The van der Waals surface area contributed by atoms with Crippen LogP contribution >= 0.6 is 22.9 Å². The first-order valence-corrected chi connectivity index (χ1v) is 10.9. The summed E-state index contributed by atoms with van der Waals surface area (Å²) >= 11 is 7.27. The summed E-state index contributed by atoms with van der Waals surface area (Å²) in [4.78, 5) is 36.9. The van der Waals surface area contributed by atoms with Crippen LogP contribution in [0.1, 0.15) is 10.4 Å². The van der Waals surface area contributed by atoms with Gasteiger partial charge in [-0.2, -0.15) is 4.98 Å². The number of thiazole rings is 1. The summed E-state index contributed by atoms with van der Waals surface area (Å²) in [7, 11) is 1.60. The average molecular weight is 479 g/mol. The van der Waals surface area contributed by atoms with E-state index < -0.39 is 11.5 Å². The number of carbonyl (C=O) groups excluding carboxylic acids is 1. The van der Waals surface area contributed by atoms with Crippen molar-refractivity contribution < 1.29 is 9.53 Å². The molecule has 0 saturated heterocycles. The maximum atomic E-state index is 12.7. The van der Waals surface area contributed by atoms with E-state index in [9.17, 15) is 9.59 Å². The van der Waals surface area contributed by atoms with Gasteiger partial charge in [0.2, 0.25) is 4.96 Å². The summed E-state index contributed by atoms with van der Waals surface area (Å²) in [6.07, 6.45) is 1.22. The van der Waals surface area contributed by atoms with Crippen molar-refractivity contribution in [2.24, 2.45) is 0 Å². The number of nitrogens with zero attached hydrogens (tertiary/aromatic N) is 4. The summed E-state index contributed by atoms with van der Waals surface area (Å²) in [6, 6.07) is 14.4. The Morgan fingerprint density at radius 3 is 2.76 bits per heavy atom. The number of carbonyl (C=O) groups is 1. The maximum absolute atomic E-state index is 12.7. The van der Waals surface area contributed by atoms with E-state index in [1.165, 1.54) is 17.5 Å². The van der Waals surface area contributed by atoms with Crippen LogP contribution in [0.15, 0.2) is 64.9 Å². The van der Waals surface area contributed by atoms with Gasteiger partial charge in [-0.25, -0.2) is 9.50 Å². The molecule has 11 heteroatoms. The number of rotatable bonds is 5. The molecule has 0 saturated carbocycles. The number of hydrogen-bond donors (Lipinski definition) is 2. The molecule has 0 radical (unpaired) electrons. The van der Waals surface area contributed by atoms with Crippen molar-refractivity contribution >= 4 is 39.8 Å². The van der Waals surface area contributed by atoms with Crippen LogP contribution in [-0.4, -0.2) is 37.6 Å². The molecule has 3 aromatic heterocycles. The highest BCUT2D eigenvalue weighted by molar-refractivity contribution is 7.15. The minimum atomic E-state index is -0.660. The number of halogens is 1. The first-order valence-electron chi connectivity index (χ1n) is 9.67. The minimum absolute atomic E-state index is 0.0807. The number of hydrogen-bond acceptors (Lipinski definition) is 7. The molecule has 0 atom stereocenters. The highest BCUT2D eigenvalue weighted by Gasteiger charge is 2.17. The molecule has 5 aromatic rings. The molecular weight excluding hydrogens is 464 g/mol. The van der Waals surface area contributed by atoms with Crippen LogP contribution in [-0.2, 0) is 0 Å². The Balaban J connectivity index is 1.40. The zero-order chi connectivity index (χ0) is 22.9. The van der Waals surface area contributed by atoms with Crippen LogP contribution in [0.5, 0.6) is 5.75 Å². The van der Waals surface area contributed by atoms with Crippen LogP contribution in [0.3, 0.4) is 0 Å². The molecule has 0 fully saturated rings. The predicted octanol–water partition coefficient (Wildman–Crippen LogP) is 4.12. The lowest BCUT2D eigenvalue weighted by Crippen LogP contribution is -2.24. The van der Waals surface area contributed by atoms with Crippen molar-refractivity contribution in [2.45, 2.75) is 0 Å². The Bertz CT molecular complexity index is 1540. The van der Waals surface area contributed by atoms with Crippen molar-refractivity contribution in [2.75, 3.05) is 12.4 Å². The Labute approximate surface area is 195 Å². The molecule has 5 rings (SSSR count). The van der Waals surface area contributed by atoms with Gasteiger partial charge in [-0.05, 0) is 36.4 Å². The number of nitrogens with one attached hydrogen (secondary N) is 2. The van der Waals surface area contributed by atoms with Crippen LogP contribution < -0.4 is 15.6 Å². The quantitative estimate of drug-likeness (QED) is 0.392. The second-order valence-electron chi connectivity index (χ2n) is 6.92. The van der Waals surface area contributed by atoms with Gasteiger partial charge >= 0.3 is 0 Å². The summed E-state index contributed by atoms with van der Waals surface area (Å²) in [6.45, 7) is 0. The van der Waals surface area contributed by atoms with Gasteiger partial charge in [-0.15, -0.1) is 16.4 Å². The van der Waals surface area contributed by atoms with Crippen LogP contribution in [0.25, 0.3) is 27.6 Å². The first kappa shape index (κ1) is 20.9. The van der Waals surface area contributed by atoms with E-state index in [1.54, 1.807) is 35.9 Å². The molecule has 0 aliphatic carbocycles. The lowest BCUT2D eigenvalue weighted by molar-refractivity contribution is 0.102. The maximum Gasteiger partial charge on any atom is 0.265 e. The smallest absolute Gasteiger partial charge is 0.265 e. The number of H-pyrrole nitrogens is 1. The van der Waals surface area contributed by atoms with Gasteiger partial charge in [0, 0.05) is 27.7 Å². The van der Waals surface area contributed by atoms with E-state index >= 15 is 0 Å². The molecule has 0 spiro atoms. The fourth-order valence-electron chi connectivity index (χ4n) is 3.20. The second-order valence-corrected chi connectivity index (χ2v) is 8.19. The van der Waals surface area contributed by atoms with Crippen LogP contribution in [0.4, 0.5) is 5.95 Å². The summed E-state index contributed by atoms with van der Waals surface area (Å²) in [5.74, 6) is 0.468. The third-order valence-electron chi connectivity index (χ3n) is 4.83. The van der Waals surface area contributed by atoms with Crippen LogP contribution in [0.2, 0.25) is 5.02 Å². The fourth-order valence-corrected chi connectivity index (χ4v) is 4.15. The third-order valence-corrected chi connectivity index (χ3v) is 5.90. The molecule has 2 aromatic carbocycles. The second kappa shape index (κ2) is 8.49. The normalized spacial score (nSPS) is 11.0. The zero-order valence-electron chi connectivity index (χ0n) is 17.1. The number of methoxy groups -OCH3 is 1. The van der Waals surface area contributed by atoms with Gasteiger partial charge in [-0.1, -0.05) is 23.7 Å². The van der Waals surface area contributed by atoms with Crippen molar-refractivity contribution in [1.82, 2.24) is 24.6 Å². The first-order chi connectivity index (χ1) is 16.0. The molecule has 0 aliphatic rings. The molecule has 2 N–H and O–H groups in total. The number of fused-ring (bicyclic) bond motifs is 1. The SMILES string of the molecule is COc1cccc(-c2csc3nc(NC(=O)c4cnc(-c5ccc(Cl)cc5)[nH]c4=O)nn23)c1. The predicted molar refractivity (Wildman–Crippen MR) is 126 cm³/mol. The Morgan fingerprint density at radius 2 is 2.00 bits per heavy atom. The van der Waals surface area contributed by atoms with E-state index in [-0.39, 0.29) is 11.5 Å². The number of aromatic nitrogens is 5. The Kier molecular flexibility index (Phi) is 5.37. The highest BCUT2D eigenvalue weighted by Crippen LogP contribution is 2.28. The van der Waals surface area contributed by atoms with Crippen molar-refractivity contribution in [1.29, 1.82) is 0 Å². The molecule has 164 valence electrons. The van der Waals surface area contributed by atoms with Crippen molar-refractivity contribution in [3.05, 3.63) is 81.0 Å². The van der Waals surface area contributed by atoms with E-state index in [4.69, 9.17) is 16.3 Å². The van der Waals surface area contributed by atoms with E-state index in [2.05, 4.69) is 25.4 Å². The monoisotopic (exact) mass is 478 g/mol. The van der Waals surface area contributed by atoms with E-state index in [0.29, 0.717) is 27.1 Å². The lowest BCUT2D eigenvalue weighted by Gasteiger charge is -2.04. The van der Waals surface area contributed by atoms with Gasteiger partial charge in [0.1, 0.15) is 17.1 Å². The minimum Gasteiger partial charge on any atom is -0.497 e. The average Bonchev–Trinajstić information content (AvgIpc) is 3.39. The number of aromatic amines is 1. The summed E-state index contributed by atoms with van der Waals surface area (Å²) in [5.41, 5.74) is 1.63. The topological polar surface area (TPSA) is 114 Å². The third kappa shape index (κ3) is 4.09. The van der Waals surface area contributed by atoms with Gasteiger partial charge in [0.15, 0.2) is 0 Å². The fraction of sp³-hybridized carbons (Fsp3) is 0.0455. The van der Waals surface area contributed by atoms with E-state index in [1.807, 2.05) is 29.6 Å². The molecule has 0 unspecified atom stereocenters. The molecule has 0 bridgehead atoms. The molecule has 33 heavy (non-hydrogen) atoms. The van der Waals surface area contributed by atoms with Crippen LogP contribution in [0, 0.1) is 0 Å². The molecule has 1 amide bonds. The lowest BCUT2D eigenvalue weighted by atomic mass is 10.2. The molecular formula is C22H15ClN6O3S. The van der Waals surface area contributed by atoms with E-state index in [0.717, 1.165) is 11.3 Å². The number of benzene rings is 2. The number of amides is 1. The Morgan fingerprint density at radius 1 is 1.18 bits per heavy atom. The molecule has 9 nitrogen and oxygen atoms in total. The zero-order valence-corrected chi connectivity index (χ0v) is 18.6. The number of anilines is 1.